The molecule has 20 heavy (non-hydrogen) atoms. The molecule has 1 aliphatic carbocycles. The normalized spacial score (nSPS) is 24.0. The summed E-state index contributed by atoms with van der Waals surface area (Å²) in [6, 6.07) is 3.59. The van der Waals surface area contributed by atoms with Crippen molar-refractivity contribution in [1.82, 2.24) is 20.0 Å². The van der Waals surface area contributed by atoms with E-state index in [1.165, 1.54) is 57.3 Å². The minimum atomic E-state index is 0.663. The topological polar surface area (TPSA) is 33.1 Å². The summed E-state index contributed by atoms with van der Waals surface area (Å²) in [5, 5.41) is 8.32. The summed E-state index contributed by atoms with van der Waals surface area (Å²) in [6.45, 7) is 6.78. The van der Waals surface area contributed by atoms with Crippen LogP contribution in [0.25, 0.3) is 0 Å². The number of nitrogens with one attached hydrogen (secondary N) is 1. The SMILES string of the molecule is CCCN(Cc1ccn(C2CCCC2)n1)C1CCNC1. The van der Waals surface area contributed by atoms with Crippen LogP contribution in [0.5, 0.6) is 0 Å². The van der Waals surface area contributed by atoms with Gasteiger partial charge >= 0.3 is 0 Å². The average Bonchev–Trinajstić information content (AvgIpc) is 3.20. The van der Waals surface area contributed by atoms with Gasteiger partial charge in [-0.05, 0) is 44.8 Å². The lowest BCUT2D eigenvalue weighted by Gasteiger charge is -2.27. The van der Waals surface area contributed by atoms with Gasteiger partial charge in [-0.25, -0.2) is 0 Å². The van der Waals surface area contributed by atoms with Crippen LogP contribution < -0.4 is 5.32 Å². The second kappa shape index (κ2) is 6.72. The molecule has 1 saturated heterocycles. The number of hydrogen-bond acceptors (Lipinski definition) is 3. The number of rotatable bonds is 6. The Hall–Kier alpha value is -0.870. The van der Waals surface area contributed by atoms with Crippen LogP contribution in [0.3, 0.4) is 0 Å². The first-order chi connectivity index (χ1) is 9.86. The van der Waals surface area contributed by atoms with Crippen molar-refractivity contribution in [2.24, 2.45) is 0 Å². The van der Waals surface area contributed by atoms with E-state index in [-0.39, 0.29) is 0 Å². The first-order valence-electron chi connectivity index (χ1n) is 8.35. The third-order valence-corrected chi connectivity index (χ3v) is 4.79. The number of aromatic nitrogens is 2. The van der Waals surface area contributed by atoms with Crippen molar-refractivity contribution in [3.63, 3.8) is 0 Å². The van der Waals surface area contributed by atoms with E-state index in [1.807, 2.05) is 0 Å². The molecule has 1 aromatic heterocycles. The molecule has 3 rings (SSSR count). The Morgan fingerprint density at radius 3 is 2.90 bits per heavy atom. The van der Waals surface area contributed by atoms with Gasteiger partial charge in [0.05, 0.1) is 11.7 Å². The molecule has 112 valence electrons. The third kappa shape index (κ3) is 3.23. The van der Waals surface area contributed by atoms with Gasteiger partial charge in [0.1, 0.15) is 0 Å². The molecule has 1 saturated carbocycles. The highest BCUT2D eigenvalue weighted by Gasteiger charge is 2.23. The molecular formula is C16H28N4. The average molecular weight is 276 g/mol. The smallest absolute Gasteiger partial charge is 0.0765 e. The van der Waals surface area contributed by atoms with Crippen molar-refractivity contribution in [3.05, 3.63) is 18.0 Å². The Morgan fingerprint density at radius 1 is 1.35 bits per heavy atom. The quantitative estimate of drug-likeness (QED) is 0.867. The van der Waals surface area contributed by atoms with Gasteiger partial charge in [0.15, 0.2) is 0 Å². The van der Waals surface area contributed by atoms with Crippen LogP contribution in [0.15, 0.2) is 12.3 Å². The van der Waals surface area contributed by atoms with Gasteiger partial charge in [-0.2, -0.15) is 5.10 Å². The van der Waals surface area contributed by atoms with Crippen molar-refractivity contribution in [2.45, 2.75) is 64.1 Å². The van der Waals surface area contributed by atoms with E-state index in [0.29, 0.717) is 12.1 Å². The van der Waals surface area contributed by atoms with Crippen molar-refractivity contribution in [1.29, 1.82) is 0 Å². The largest absolute Gasteiger partial charge is 0.315 e. The highest BCUT2D eigenvalue weighted by Crippen LogP contribution is 2.28. The van der Waals surface area contributed by atoms with Crippen LogP contribution in [0.4, 0.5) is 0 Å². The van der Waals surface area contributed by atoms with Crippen molar-refractivity contribution < 1.29 is 0 Å². The van der Waals surface area contributed by atoms with Gasteiger partial charge in [0.2, 0.25) is 0 Å². The molecular weight excluding hydrogens is 248 g/mol. The third-order valence-electron chi connectivity index (χ3n) is 4.79. The van der Waals surface area contributed by atoms with Gasteiger partial charge in [0, 0.05) is 25.3 Å². The van der Waals surface area contributed by atoms with Crippen LogP contribution in [-0.4, -0.2) is 40.4 Å². The van der Waals surface area contributed by atoms with Crippen LogP contribution in [0.2, 0.25) is 0 Å². The fourth-order valence-electron chi connectivity index (χ4n) is 3.67. The maximum Gasteiger partial charge on any atom is 0.0765 e. The fraction of sp³-hybridized carbons (Fsp3) is 0.812. The molecule has 1 N–H and O–H groups in total. The lowest BCUT2D eigenvalue weighted by Crippen LogP contribution is -2.37. The predicted molar refractivity (Wildman–Crippen MR) is 81.7 cm³/mol. The summed E-state index contributed by atoms with van der Waals surface area (Å²) in [4.78, 5) is 2.61. The molecule has 2 heterocycles. The van der Waals surface area contributed by atoms with Crippen molar-refractivity contribution in [2.75, 3.05) is 19.6 Å². The Balaban J connectivity index is 1.62. The van der Waals surface area contributed by atoms with E-state index in [2.05, 4.69) is 34.1 Å². The highest BCUT2D eigenvalue weighted by atomic mass is 15.3. The lowest BCUT2D eigenvalue weighted by atomic mass is 10.2. The molecule has 1 unspecified atom stereocenters. The van der Waals surface area contributed by atoms with Gasteiger partial charge in [-0.1, -0.05) is 19.8 Å². The van der Waals surface area contributed by atoms with E-state index in [9.17, 15) is 0 Å². The number of hydrogen-bond donors (Lipinski definition) is 1. The summed E-state index contributed by atoms with van der Waals surface area (Å²) in [5.41, 5.74) is 1.25. The van der Waals surface area contributed by atoms with E-state index < -0.39 is 0 Å². The van der Waals surface area contributed by atoms with Gasteiger partial charge in [-0.15, -0.1) is 0 Å². The van der Waals surface area contributed by atoms with Crippen molar-refractivity contribution >= 4 is 0 Å². The van der Waals surface area contributed by atoms with Crippen LogP contribution in [-0.2, 0) is 6.54 Å². The van der Waals surface area contributed by atoms with Crippen LogP contribution in [0.1, 0.15) is 57.2 Å². The lowest BCUT2D eigenvalue weighted by molar-refractivity contribution is 0.196. The fourth-order valence-corrected chi connectivity index (χ4v) is 3.67. The van der Waals surface area contributed by atoms with Gasteiger partial charge in [-0.3, -0.25) is 9.58 Å². The first-order valence-corrected chi connectivity index (χ1v) is 8.35. The molecule has 4 heteroatoms. The van der Waals surface area contributed by atoms with Crippen LogP contribution in [0, 0.1) is 0 Å². The maximum absolute atomic E-state index is 4.84. The Labute approximate surface area is 122 Å². The summed E-state index contributed by atoms with van der Waals surface area (Å²) < 4.78 is 2.22. The standard InChI is InChI=1S/C16H28N4/c1-2-10-19(16-7-9-17-12-16)13-14-8-11-20(18-14)15-5-3-4-6-15/h8,11,15-17H,2-7,9-10,12-13H2,1H3. The monoisotopic (exact) mass is 276 g/mol. The van der Waals surface area contributed by atoms with E-state index >= 15 is 0 Å². The molecule has 1 atom stereocenters. The first kappa shape index (κ1) is 14.1. The zero-order valence-corrected chi connectivity index (χ0v) is 12.7. The molecule has 0 radical (unpaired) electrons. The molecule has 0 aromatic carbocycles. The zero-order chi connectivity index (χ0) is 13.8. The molecule has 2 fully saturated rings. The predicted octanol–water partition coefficient (Wildman–Crippen LogP) is 2.57. The zero-order valence-electron chi connectivity index (χ0n) is 12.7. The van der Waals surface area contributed by atoms with E-state index in [1.54, 1.807) is 0 Å². The molecule has 0 amide bonds. The van der Waals surface area contributed by atoms with Gasteiger partial charge < -0.3 is 5.32 Å². The van der Waals surface area contributed by atoms with E-state index in [4.69, 9.17) is 5.10 Å². The molecule has 2 aliphatic rings. The minimum absolute atomic E-state index is 0.663. The second-order valence-corrected chi connectivity index (χ2v) is 6.34. The maximum atomic E-state index is 4.84. The molecule has 0 bridgehead atoms. The second-order valence-electron chi connectivity index (χ2n) is 6.34. The summed E-state index contributed by atoms with van der Waals surface area (Å²) in [5.74, 6) is 0. The Bertz CT molecular complexity index is 402. The van der Waals surface area contributed by atoms with Gasteiger partial charge in [0.25, 0.3) is 0 Å². The van der Waals surface area contributed by atoms with Crippen LogP contribution >= 0.6 is 0 Å². The molecule has 1 aromatic rings. The molecule has 1 aliphatic heterocycles. The summed E-state index contributed by atoms with van der Waals surface area (Å²) >= 11 is 0. The number of nitrogens with zero attached hydrogens (tertiary/aromatic N) is 3. The summed E-state index contributed by atoms with van der Waals surface area (Å²) in [7, 11) is 0. The van der Waals surface area contributed by atoms with E-state index in [0.717, 1.165) is 13.1 Å². The minimum Gasteiger partial charge on any atom is -0.315 e. The Kier molecular flexibility index (Phi) is 4.73. The molecule has 4 nitrogen and oxygen atoms in total. The summed E-state index contributed by atoms with van der Waals surface area (Å²) in [6.07, 6.45) is 10.1. The molecule has 0 spiro atoms. The Morgan fingerprint density at radius 2 is 2.20 bits per heavy atom. The van der Waals surface area contributed by atoms with Crippen molar-refractivity contribution in [3.8, 4) is 0 Å². The highest BCUT2D eigenvalue weighted by molar-refractivity contribution is 5.01.